The molecule has 1 heterocycles. The molecule has 0 saturated carbocycles. The number of thiazole rings is 1. The highest BCUT2D eigenvalue weighted by atomic mass is 32.1. The number of hydrogen-bond acceptors (Lipinski definition) is 6. The highest BCUT2D eigenvalue weighted by Crippen LogP contribution is 2.33. The van der Waals surface area contributed by atoms with Gasteiger partial charge in [0.25, 0.3) is 0 Å². The van der Waals surface area contributed by atoms with Gasteiger partial charge in [0.2, 0.25) is 5.91 Å². The molecule has 4 aromatic rings. The van der Waals surface area contributed by atoms with Crippen LogP contribution in [0.2, 0.25) is 0 Å². The van der Waals surface area contributed by atoms with E-state index in [1.54, 1.807) is 31.8 Å². The van der Waals surface area contributed by atoms with Crippen molar-refractivity contribution in [2.75, 3.05) is 20.8 Å². The fourth-order valence-corrected chi connectivity index (χ4v) is 5.15. The maximum atomic E-state index is 13.3. The van der Waals surface area contributed by atoms with Crippen molar-refractivity contribution in [3.05, 3.63) is 88.7 Å². The lowest BCUT2D eigenvalue weighted by Crippen LogP contribution is -2.23. The highest BCUT2D eigenvalue weighted by molar-refractivity contribution is 7.16. The number of amides is 1. The molecule has 7 nitrogen and oxygen atoms in total. The van der Waals surface area contributed by atoms with Gasteiger partial charge in [-0.05, 0) is 18.1 Å². The first-order valence-corrected chi connectivity index (χ1v) is 12.4. The number of hydrogen-bond donors (Lipinski definition) is 0. The van der Waals surface area contributed by atoms with E-state index in [2.05, 4.69) is 4.99 Å². The molecule has 0 aliphatic rings. The quantitative estimate of drug-likeness (QED) is 0.302. The summed E-state index contributed by atoms with van der Waals surface area (Å²) in [5.74, 6) is 0.243. The van der Waals surface area contributed by atoms with E-state index in [1.807, 2.05) is 66.7 Å². The Morgan fingerprint density at radius 1 is 0.917 bits per heavy atom. The molecule has 0 atom stereocenters. The number of nitrogens with zero attached hydrogens (tertiary/aromatic N) is 2. The minimum Gasteiger partial charge on any atom is -0.493 e. The number of carbonyl (C=O) groups is 2. The normalized spacial score (nSPS) is 11.6. The molecule has 0 aliphatic carbocycles. The van der Waals surface area contributed by atoms with Crippen LogP contribution in [0.1, 0.15) is 30.4 Å². The zero-order valence-electron chi connectivity index (χ0n) is 20.5. The third-order valence-corrected chi connectivity index (χ3v) is 6.82. The van der Waals surface area contributed by atoms with E-state index in [-0.39, 0.29) is 31.4 Å². The molecule has 0 spiro atoms. The maximum absolute atomic E-state index is 13.3. The third-order valence-electron chi connectivity index (χ3n) is 5.78. The van der Waals surface area contributed by atoms with Crippen LogP contribution in [0.4, 0.5) is 0 Å². The van der Waals surface area contributed by atoms with Crippen LogP contribution in [0, 0.1) is 0 Å². The van der Waals surface area contributed by atoms with E-state index in [0.717, 1.165) is 15.8 Å². The lowest BCUT2D eigenvalue weighted by molar-refractivity contribution is -0.143. The van der Waals surface area contributed by atoms with Crippen LogP contribution in [0.3, 0.4) is 0 Å². The molecule has 1 amide bonds. The Balaban J connectivity index is 1.77. The topological polar surface area (TPSA) is 79.1 Å². The van der Waals surface area contributed by atoms with Crippen molar-refractivity contribution in [1.82, 2.24) is 4.57 Å². The first kappa shape index (κ1) is 25.2. The van der Waals surface area contributed by atoms with Crippen molar-refractivity contribution in [1.29, 1.82) is 0 Å². The van der Waals surface area contributed by atoms with Crippen molar-refractivity contribution in [2.24, 2.45) is 4.99 Å². The number of esters is 1. The maximum Gasteiger partial charge on any atom is 0.326 e. The van der Waals surface area contributed by atoms with E-state index in [0.29, 0.717) is 21.8 Å². The van der Waals surface area contributed by atoms with Crippen LogP contribution >= 0.6 is 11.3 Å². The Morgan fingerprint density at radius 2 is 1.50 bits per heavy atom. The minimum atomic E-state index is -0.410. The van der Waals surface area contributed by atoms with Crippen LogP contribution in [0.15, 0.2) is 77.8 Å². The van der Waals surface area contributed by atoms with Crippen molar-refractivity contribution >= 4 is 33.4 Å². The monoisotopic (exact) mass is 504 g/mol. The molecular weight excluding hydrogens is 476 g/mol. The van der Waals surface area contributed by atoms with Crippen molar-refractivity contribution in [2.45, 2.75) is 25.8 Å². The van der Waals surface area contributed by atoms with Gasteiger partial charge in [0.05, 0.1) is 31.0 Å². The summed E-state index contributed by atoms with van der Waals surface area (Å²) in [6, 6.07) is 23.4. The molecule has 3 aromatic carbocycles. The van der Waals surface area contributed by atoms with Gasteiger partial charge in [-0.3, -0.25) is 9.59 Å². The van der Waals surface area contributed by atoms with E-state index in [9.17, 15) is 9.59 Å². The number of rotatable bonds is 9. The second-order valence-electron chi connectivity index (χ2n) is 8.03. The fourth-order valence-electron chi connectivity index (χ4n) is 4.10. The average Bonchev–Trinajstić information content (AvgIpc) is 3.22. The summed E-state index contributed by atoms with van der Waals surface area (Å²) in [6.07, 6.45) is 0.189. The number of methoxy groups -OCH3 is 2. The Bertz CT molecular complexity index is 1370. The third kappa shape index (κ3) is 5.66. The SMILES string of the molecule is CCOC(=O)Cn1c(=NC(=O)CC(c2ccccc2)c2ccccc2)sc2cc(OC)c(OC)cc21. The number of ether oxygens (including phenoxy) is 3. The standard InChI is InChI=1S/C28H28N2O5S/c1-4-35-27(32)18-30-22-16-23(33-2)24(34-3)17-25(22)36-28(30)29-26(31)15-21(19-11-7-5-8-12-19)20-13-9-6-10-14-20/h5-14,16-17,21H,4,15,18H2,1-3H3. The van der Waals surface area contributed by atoms with Gasteiger partial charge in [-0.2, -0.15) is 4.99 Å². The van der Waals surface area contributed by atoms with E-state index >= 15 is 0 Å². The van der Waals surface area contributed by atoms with Crippen LogP contribution in [0.25, 0.3) is 10.2 Å². The molecule has 0 unspecified atom stereocenters. The van der Waals surface area contributed by atoms with Gasteiger partial charge >= 0.3 is 5.97 Å². The molecule has 0 fully saturated rings. The molecule has 4 rings (SSSR count). The molecule has 36 heavy (non-hydrogen) atoms. The van der Waals surface area contributed by atoms with Gasteiger partial charge in [0.1, 0.15) is 6.54 Å². The zero-order chi connectivity index (χ0) is 25.5. The molecule has 0 saturated heterocycles. The summed E-state index contributed by atoms with van der Waals surface area (Å²) < 4.78 is 18.5. The summed E-state index contributed by atoms with van der Waals surface area (Å²) in [4.78, 5) is 30.6. The Morgan fingerprint density at radius 3 is 2.06 bits per heavy atom. The molecular formula is C28H28N2O5S. The van der Waals surface area contributed by atoms with Crippen molar-refractivity contribution < 1.29 is 23.8 Å². The summed E-state index contributed by atoms with van der Waals surface area (Å²) in [5.41, 5.74) is 2.79. The largest absolute Gasteiger partial charge is 0.493 e. The predicted octanol–water partition coefficient (Wildman–Crippen LogP) is 4.93. The number of benzene rings is 3. The fraction of sp³-hybridized carbons (Fsp3) is 0.250. The average molecular weight is 505 g/mol. The smallest absolute Gasteiger partial charge is 0.326 e. The molecule has 1 aromatic heterocycles. The molecule has 0 aliphatic heterocycles. The van der Waals surface area contributed by atoms with Crippen molar-refractivity contribution in [3.63, 3.8) is 0 Å². The molecule has 0 N–H and O–H groups in total. The van der Waals surface area contributed by atoms with Crippen LogP contribution in [-0.4, -0.2) is 37.3 Å². The lowest BCUT2D eigenvalue weighted by atomic mass is 9.88. The van der Waals surface area contributed by atoms with E-state index in [1.165, 1.54) is 11.3 Å². The second kappa shape index (κ2) is 11.7. The zero-order valence-corrected chi connectivity index (χ0v) is 21.3. The van der Waals surface area contributed by atoms with Gasteiger partial charge in [-0.15, -0.1) is 0 Å². The van der Waals surface area contributed by atoms with Gasteiger partial charge in [0, 0.05) is 24.5 Å². The summed E-state index contributed by atoms with van der Waals surface area (Å²) in [7, 11) is 3.11. The van der Waals surface area contributed by atoms with Gasteiger partial charge in [-0.25, -0.2) is 0 Å². The highest BCUT2D eigenvalue weighted by Gasteiger charge is 2.20. The van der Waals surface area contributed by atoms with Crippen molar-refractivity contribution in [3.8, 4) is 11.5 Å². The first-order chi connectivity index (χ1) is 17.5. The van der Waals surface area contributed by atoms with Crippen LogP contribution in [-0.2, 0) is 20.9 Å². The summed E-state index contributed by atoms with van der Waals surface area (Å²) in [6.45, 7) is 1.94. The molecule has 0 bridgehead atoms. The number of fused-ring (bicyclic) bond motifs is 1. The Kier molecular flexibility index (Phi) is 8.17. The Hall–Kier alpha value is -3.91. The number of carbonyl (C=O) groups excluding carboxylic acids is 2. The Labute approximate surface area is 213 Å². The summed E-state index contributed by atoms with van der Waals surface area (Å²) in [5, 5.41) is 0. The molecule has 8 heteroatoms. The van der Waals surface area contributed by atoms with Crippen LogP contribution in [0.5, 0.6) is 11.5 Å². The minimum absolute atomic E-state index is 0.0732. The van der Waals surface area contributed by atoms with E-state index in [4.69, 9.17) is 14.2 Å². The second-order valence-corrected chi connectivity index (χ2v) is 9.04. The molecule has 0 radical (unpaired) electrons. The van der Waals surface area contributed by atoms with Crippen LogP contribution < -0.4 is 14.3 Å². The lowest BCUT2D eigenvalue weighted by Gasteiger charge is -2.16. The van der Waals surface area contributed by atoms with E-state index < -0.39 is 5.97 Å². The van der Waals surface area contributed by atoms with Gasteiger partial charge < -0.3 is 18.8 Å². The first-order valence-electron chi connectivity index (χ1n) is 11.6. The summed E-state index contributed by atoms with van der Waals surface area (Å²) >= 11 is 1.31. The van der Waals surface area contributed by atoms with Gasteiger partial charge in [0.15, 0.2) is 16.3 Å². The number of aromatic nitrogens is 1. The molecule has 186 valence electrons. The predicted molar refractivity (Wildman–Crippen MR) is 139 cm³/mol. The van der Waals surface area contributed by atoms with Gasteiger partial charge in [-0.1, -0.05) is 72.0 Å².